The summed E-state index contributed by atoms with van der Waals surface area (Å²) in [6, 6.07) is 20.3. The van der Waals surface area contributed by atoms with Crippen LogP contribution in [0, 0.1) is 0 Å². The van der Waals surface area contributed by atoms with E-state index in [4.69, 9.17) is 0 Å². The van der Waals surface area contributed by atoms with Crippen LogP contribution < -0.4 is 10.2 Å². The normalized spacial score (nSPS) is 15.4. The smallest absolute Gasteiger partial charge is 0.260 e. The number of halogens is 1. The summed E-state index contributed by atoms with van der Waals surface area (Å²) in [5.74, 6) is -0.253. The number of benzene rings is 2. The van der Waals surface area contributed by atoms with Gasteiger partial charge in [0.25, 0.3) is 5.91 Å². The number of anilines is 1. The average molecular weight is 436 g/mol. The molecule has 6 heteroatoms. The number of hydrogen-bond acceptors (Lipinski definition) is 3. The number of hydrogen-bond donors (Lipinski definition) is 1. The molecular formula is C22H18BrN3O2. The largest absolute Gasteiger partial charge is 0.352 e. The quantitative estimate of drug-likeness (QED) is 0.651. The Morgan fingerprint density at radius 2 is 1.89 bits per heavy atom. The van der Waals surface area contributed by atoms with Crippen molar-refractivity contribution in [3.8, 4) is 0 Å². The second kappa shape index (κ2) is 7.94. The average Bonchev–Trinajstić information content (AvgIpc) is 2.99. The summed E-state index contributed by atoms with van der Waals surface area (Å²) in [6.45, 7) is 0.430. The number of amides is 2. The summed E-state index contributed by atoms with van der Waals surface area (Å²) in [4.78, 5) is 31.7. The number of nitrogens with zero attached hydrogens (tertiary/aromatic N) is 2. The van der Waals surface area contributed by atoms with E-state index in [0.717, 1.165) is 15.7 Å². The molecule has 0 saturated carbocycles. The molecule has 2 heterocycles. The van der Waals surface area contributed by atoms with Crippen molar-refractivity contribution in [1.82, 2.24) is 10.3 Å². The monoisotopic (exact) mass is 435 g/mol. The Labute approximate surface area is 171 Å². The van der Waals surface area contributed by atoms with Gasteiger partial charge in [-0.15, -0.1) is 0 Å². The van der Waals surface area contributed by atoms with Crippen LogP contribution in [0.2, 0.25) is 0 Å². The van der Waals surface area contributed by atoms with Crippen LogP contribution in [0.15, 0.2) is 77.4 Å². The van der Waals surface area contributed by atoms with Gasteiger partial charge in [-0.1, -0.05) is 46.3 Å². The number of rotatable bonds is 5. The third kappa shape index (κ3) is 3.68. The highest BCUT2D eigenvalue weighted by atomic mass is 79.9. The highest BCUT2D eigenvalue weighted by Gasteiger charge is 2.39. The van der Waals surface area contributed by atoms with Crippen molar-refractivity contribution in [3.63, 3.8) is 0 Å². The minimum atomic E-state index is -0.423. The maximum atomic E-state index is 13.0. The standard InChI is InChI=1S/C22H18BrN3O2/c23-16-7-4-6-15(12-16)14-25-20(27)13-19-21-18(10-5-11-24-21)22(28)26(19)17-8-2-1-3-9-17/h1-12,19H,13-14H2,(H,25,27)/t19-/m0/s1. The zero-order valence-corrected chi connectivity index (χ0v) is 16.6. The Hall–Kier alpha value is -2.99. The molecule has 0 spiro atoms. The number of para-hydroxylation sites is 1. The Morgan fingerprint density at radius 1 is 1.07 bits per heavy atom. The Morgan fingerprint density at radius 3 is 2.68 bits per heavy atom. The molecule has 0 fully saturated rings. The molecule has 1 aliphatic rings. The van der Waals surface area contributed by atoms with Gasteiger partial charge in [0.05, 0.1) is 23.7 Å². The third-order valence-corrected chi connectivity index (χ3v) is 5.20. The number of aromatic nitrogens is 1. The highest BCUT2D eigenvalue weighted by molar-refractivity contribution is 9.10. The SMILES string of the molecule is O=C(C[C@H]1c2ncccc2C(=O)N1c1ccccc1)NCc1cccc(Br)c1. The van der Waals surface area contributed by atoms with E-state index in [1.165, 1.54) is 0 Å². The molecule has 1 aromatic heterocycles. The maximum Gasteiger partial charge on any atom is 0.260 e. The lowest BCUT2D eigenvalue weighted by Crippen LogP contribution is -2.32. The molecule has 1 atom stereocenters. The minimum absolute atomic E-state index is 0.126. The van der Waals surface area contributed by atoms with Crippen LogP contribution in [0.4, 0.5) is 5.69 Å². The van der Waals surface area contributed by atoms with Crippen LogP contribution in [0.25, 0.3) is 0 Å². The van der Waals surface area contributed by atoms with E-state index in [1.807, 2.05) is 54.6 Å². The first-order chi connectivity index (χ1) is 13.6. The minimum Gasteiger partial charge on any atom is -0.352 e. The lowest BCUT2D eigenvalue weighted by molar-refractivity contribution is -0.121. The summed E-state index contributed by atoms with van der Waals surface area (Å²) in [5, 5.41) is 2.95. The maximum absolute atomic E-state index is 13.0. The van der Waals surface area contributed by atoms with Gasteiger partial charge >= 0.3 is 0 Å². The summed E-state index contributed by atoms with van der Waals surface area (Å²) in [6.07, 6.45) is 1.81. The predicted molar refractivity (Wildman–Crippen MR) is 111 cm³/mol. The molecule has 0 bridgehead atoms. The van der Waals surface area contributed by atoms with Crippen LogP contribution in [0.1, 0.15) is 34.1 Å². The fourth-order valence-corrected chi connectivity index (χ4v) is 3.87. The fraction of sp³-hybridized carbons (Fsp3) is 0.136. The summed E-state index contributed by atoms with van der Waals surface area (Å²) < 4.78 is 0.967. The summed E-state index contributed by atoms with van der Waals surface area (Å²) in [7, 11) is 0. The van der Waals surface area contributed by atoms with Gasteiger partial charge in [-0.2, -0.15) is 0 Å². The van der Waals surface area contributed by atoms with Crippen LogP contribution in [-0.4, -0.2) is 16.8 Å². The third-order valence-electron chi connectivity index (χ3n) is 4.71. The van der Waals surface area contributed by atoms with E-state index < -0.39 is 6.04 Å². The predicted octanol–water partition coefficient (Wildman–Crippen LogP) is 4.25. The highest BCUT2D eigenvalue weighted by Crippen LogP contribution is 2.38. The first-order valence-electron chi connectivity index (χ1n) is 8.98. The zero-order chi connectivity index (χ0) is 19.5. The molecule has 0 unspecified atom stereocenters. The molecule has 4 rings (SSSR count). The van der Waals surface area contributed by atoms with Gasteiger partial charge in [0.15, 0.2) is 0 Å². The van der Waals surface area contributed by atoms with E-state index in [0.29, 0.717) is 17.8 Å². The van der Waals surface area contributed by atoms with Crippen molar-refractivity contribution in [2.75, 3.05) is 4.90 Å². The number of pyridine rings is 1. The number of fused-ring (bicyclic) bond motifs is 1. The van der Waals surface area contributed by atoms with Crippen molar-refractivity contribution in [2.45, 2.75) is 19.0 Å². The molecule has 1 aliphatic heterocycles. The van der Waals surface area contributed by atoms with E-state index in [-0.39, 0.29) is 18.2 Å². The van der Waals surface area contributed by atoms with Gasteiger partial charge in [0.1, 0.15) is 0 Å². The first-order valence-corrected chi connectivity index (χ1v) is 9.77. The molecule has 0 saturated heterocycles. The van der Waals surface area contributed by atoms with Crippen LogP contribution in [0.5, 0.6) is 0 Å². The van der Waals surface area contributed by atoms with Crippen LogP contribution >= 0.6 is 15.9 Å². The molecule has 5 nitrogen and oxygen atoms in total. The second-order valence-corrected chi connectivity index (χ2v) is 7.49. The number of carbonyl (C=O) groups excluding carboxylic acids is 2. The van der Waals surface area contributed by atoms with E-state index >= 15 is 0 Å². The van der Waals surface area contributed by atoms with Crippen molar-refractivity contribution in [1.29, 1.82) is 0 Å². The topological polar surface area (TPSA) is 62.3 Å². The number of carbonyl (C=O) groups is 2. The van der Waals surface area contributed by atoms with Gasteiger partial charge in [0.2, 0.25) is 5.91 Å². The zero-order valence-electron chi connectivity index (χ0n) is 15.0. The van der Waals surface area contributed by atoms with Gasteiger partial charge in [-0.25, -0.2) is 0 Å². The molecular weight excluding hydrogens is 418 g/mol. The Bertz CT molecular complexity index is 1020. The molecule has 3 aromatic rings. The number of nitrogens with one attached hydrogen (secondary N) is 1. The van der Waals surface area contributed by atoms with Crippen molar-refractivity contribution < 1.29 is 9.59 Å². The first kappa shape index (κ1) is 18.4. The van der Waals surface area contributed by atoms with Gasteiger partial charge in [-0.05, 0) is 42.0 Å². The summed E-state index contributed by atoms with van der Waals surface area (Å²) >= 11 is 3.43. The van der Waals surface area contributed by atoms with Crippen molar-refractivity contribution in [3.05, 3.63) is 94.2 Å². The van der Waals surface area contributed by atoms with E-state index in [2.05, 4.69) is 26.2 Å². The van der Waals surface area contributed by atoms with Gasteiger partial charge in [-0.3, -0.25) is 19.5 Å². The van der Waals surface area contributed by atoms with Crippen LogP contribution in [0.3, 0.4) is 0 Å². The van der Waals surface area contributed by atoms with E-state index in [1.54, 1.807) is 23.2 Å². The molecule has 0 radical (unpaired) electrons. The Balaban J connectivity index is 1.55. The molecule has 2 aromatic carbocycles. The molecule has 1 N–H and O–H groups in total. The molecule has 28 heavy (non-hydrogen) atoms. The fourth-order valence-electron chi connectivity index (χ4n) is 3.43. The second-order valence-electron chi connectivity index (χ2n) is 6.57. The van der Waals surface area contributed by atoms with Gasteiger partial charge < -0.3 is 5.32 Å². The molecule has 0 aliphatic carbocycles. The molecule has 140 valence electrons. The summed E-state index contributed by atoms with van der Waals surface area (Å²) in [5.41, 5.74) is 2.96. The van der Waals surface area contributed by atoms with Gasteiger partial charge in [0, 0.05) is 22.9 Å². The lowest BCUT2D eigenvalue weighted by atomic mass is 10.1. The Kier molecular flexibility index (Phi) is 5.21. The van der Waals surface area contributed by atoms with Crippen LogP contribution in [-0.2, 0) is 11.3 Å². The molecule has 2 amide bonds. The van der Waals surface area contributed by atoms with Crippen molar-refractivity contribution >= 4 is 33.4 Å². The van der Waals surface area contributed by atoms with E-state index in [9.17, 15) is 9.59 Å². The van der Waals surface area contributed by atoms with Crippen molar-refractivity contribution in [2.24, 2.45) is 0 Å². The lowest BCUT2D eigenvalue weighted by Gasteiger charge is -2.24.